The zero-order chi connectivity index (χ0) is 43.4. The molecule has 1 aromatic heterocycles. The van der Waals surface area contributed by atoms with E-state index in [-0.39, 0.29) is 55.7 Å². The number of pyridine rings is 1. The van der Waals surface area contributed by atoms with Gasteiger partial charge in [0.1, 0.15) is 11.9 Å². The van der Waals surface area contributed by atoms with E-state index in [1.165, 1.54) is 6.07 Å². The van der Waals surface area contributed by atoms with Crippen LogP contribution in [0.5, 0.6) is 0 Å². The summed E-state index contributed by atoms with van der Waals surface area (Å²) in [4.78, 5) is 65.2. The Hall–Kier alpha value is -5.76. The maximum Gasteiger partial charge on any atom is 0.417 e. The van der Waals surface area contributed by atoms with Crippen LogP contribution >= 0.6 is 0 Å². The summed E-state index contributed by atoms with van der Waals surface area (Å²) in [6.07, 6.45) is 1.50. The molecule has 62 heavy (non-hydrogen) atoms. The van der Waals surface area contributed by atoms with Crippen molar-refractivity contribution in [2.24, 2.45) is 11.3 Å². The summed E-state index contributed by atoms with van der Waals surface area (Å²) in [5.41, 5.74) is 0.435. The second-order valence-corrected chi connectivity index (χ2v) is 18.0. The molecule has 6 aliphatic rings. The first-order valence-electron chi connectivity index (χ1n) is 21.5. The normalized spacial score (nSPS) is 22.9. The first-order valence-corrected chi connectivity index (χ1v) is 21.5. The summed E-state index contributed by atoms with van der Waals surface area (Å²) in [6.45, 7) is 7.43. The second kappa shape index (κ2) is 16.2. The Bertz CT molecular complexity index is 2280. The average Bonchev–Trinajstić information content (AvgIpc) is 3.58. The molecule has 4 amide bonds. The van der Waals surface area contributed by atoms with E-state index in [4.69, 9.17) is 5.26 Å². The fraction of sp³-hybridized carbons (Fsp3) is 0.511. The van der Waals surface area contributed by atoms with E-state index < -0.39 is 40.8 Å². The first kappa shape index (κ1) is 41.6. The molecule has 5 saturated heterocycles. The molecule has 326 valence electrons. The molecule has 13 nitrogen and oxygen atoms in total. The number of aromatic nitrogens is 1. The highest BCUT2D eigenvalue weighted by Crippen LogP contribution is 2.43. The fourth-order valence-electron chi connectivity index (χ4n) is 10.4. The van der Waals surface area contributed by atoms with E-state index in [2.05, 4.69) is 36.4 Å². The largest absolute Gasteiger partial charge is 0.417 e. The minimum Gasteiger partial charge on any atom is -0.371 e. The molecular weight excluding hydrogens is 807 g/mol. The number of carbonyl (C=O) groups is 4. The number of fused-ring (bicyclic) bond motifs is 1. The lowest BCUT2D eigenvalue weighted by molar-refractivity contribution is -0.138. The van der Waals surface area contributed by atoms with E-state index in [9.17, 15) is 32.3 Å². The summed E-state index contributed by atoms with van der Waals surface area (Å²) in [6, 6.07) is 13.9. The number of amides is 4. The van der Waals surface area contributed by atoms with Gasteiger partial charge in [0.25, 0.3) is 11.8 Å². The topological polar surface area (TPSA) is 145 Å². The molecule has 5 fully saturated rings. The number of hydrogen-bond donors (Lipinski definition) is 2. The third-order valence-corrected chi connectivity index (χ3v) is 14.1. The molecule has 2 aromatic carbocycles. The molecular formula is C45H49F4N9O4. The molecule has 0 saturated carbocycles. The van der Waals surface area contributed by atoms with Gasteiger partial charge in [0.05, 0.1) is 29.1 Å². The third-order valence-electron chi connectivity index (χ3n) is 14.1. The van der Waals surface area contributed by atoms with Gasteiger partial charge in [0.15, 0.2) is 5.67 Å². The molecule has 3 aromatic rings. The molecule has 1 spiro atoms. The Balaban J connectivity index is 0.693. The highest BCUT2D eigenvalue weighted by atomic mass is 19.4. The van der Waals surface area contributed by atoms with Crippen molar-refractivity contribution in [3.63, 3.8) is 0 Å². The van der Waals surface area contributed by atoms with Gasteiger partial charge in [-0.25, -0.2) is 9.37 Å². The molecule has 1 atom stereocenters. The van der Waals surface area contributed by atoms with Gasteiger partial charge >= 0.3 is 6.18 Å². The Morgan fingerprint density at radius 3 is 2.15 bits per heavy atom. The molecule has 9 rings (SSSR count). The standard InChI is InChI=1S/C45H49F4N9O4/c46-44(13-19-57(20-14-44)33-2-1-30(23-50)36(22-33)45(47,48)49)42(62)52-38-7-4-34(24-51-38)55-15-9-29(10-16-55)25-54-27-43(28-54)11-17-56(18-12-43)32-3-5-35-31(21-32)26-58(41(35)61)37-6-8-39(59)53-40(37)60/h1-5,7,21-22,24,29,37H,6,8-20,25-28H2,(H,51,52,62)(H,53,59,60). The Morgan fingerprint density at radius 1 is 0.855 bits per heavy atom. The number of benzene rings is 2. The van der Waals surface area contributed by atoms with Gasteiger partial charge in [-0.05, 0) is 97.5 Å². The predicted octanol–water partition coefficient (Wildman–Crippen LogP) is 5.50. The van der Waals surface area contributed by atoms with Crippen molar-refractivity contribution in [2.45, 2.75) is 75.8 Å². The summed E-state index contributed by atoms with van der Waals surface area (Å²) in [7, 11) is 0. The minimum absolute atomic E-state index is 0.0345. The lowest BCUT2D eigenvalue weighted by Gasteiger charge is -2.55. The molecule has 0 aliphatic carbocycles. The van der Waals surface area contributed by atoms with Crippen molar-refractivity contribution >= 4 is 46.5 Å². The summed E-state index contributed by atoms with van der Waals surface area (Å²) in [5.74, 6) is -0.841. The number of halogens is 4. The quantitative estimate of drug-likeness (QED) is 0.220. The maximum absolute atomic E-state index is 15.8. The van der Waals surface area contributed by atoms with Crippen LogP contribution in [0.1, 0.15) is 78.4 Å². The van der Waals surface area contributed by atoms with Gasteiger partial charge in [0.2, 0.25) is 11.8 Å². The number of hydrogen-bond acceptors (Lipinski definition) is 10. The highest BCUT2D eigenvalue weighted by Gasteiger charge is 2.46. The van der Waals surface area contributed by atoms with Gasteiger partial charge in [-0.3, -0.25) is 24.5 Å². The van der Waals surface area contributed by atoms with Gasteiger partial charge in [-0.1, -0.05) is 0 Å². The van der Waals surface area contributed by atoms with Crippen LogP contribution in [0.3, 0.4) is 0 Å². The first-order chi connectivity index (χ1) is 29.7. The predicted molar refractivity (Wildman–Crippen MR) is 222 cm³/mol. The average molecular weight is 856 g/mol. The van der Waals surface area contributed by atoms with Crippen molar-refractivity contribution in [1.82, 2.24) is 20.1 Å². The van der Waals surface area contributed by atoms with Crippen LogP contribution in [0.2, 0.25) is 0 Å². The molecule has 17 heteroatoms. The van der Waals surface area contributed by atoms with Crippen molar-refractivity contribution in [1.29, 1.82) is 5.26 Å². The fourth-order valence-corrected chi connectivity index (χ4v) is 10.4. The van der Waals surface area contributed by atoms with E-state index in [0.717, 1.165) is 101 Å². The van der Waals surface area contributed by atoms with Crippen LogP contribution < -0.4 is 25.3 Å². The third kappa shape index (κ3) is 8.16. The van der Waals surface area contributed by atoms with Crippen molar-refractivity contribution in [3.05, 3.63) is 77.0 Å². The zero-order valence-electron chi connectivity index (χ0n) is 34.4. The summed E-state index contributed by atoms with van der Waals surface area (Å²) >= 11 is 0. The lowest BCUT2D eigenvalue weighted by atomic mass is 9.71. The maximum atomic E-state index is 15.8. The van der Waals surface area contributed by atoms with Crippen molar-refractivity contribution in [3.8, 4) is 6.07 Å². The number of alkyl halides is 4. The van der Waals surface area contributed by atoms with Crippen LogP contribution in [0.25, 0.3) is 0 Å². The molecule has 1 unspecified atom stereocenters. The monoisotopic (exact) mass is 855 g/mol. The number of rotatable bonds is 8. The van der Waals surface area contributed by atoms with Crippen LogP contribution in [-0.4, -0.2) is 109 Å². The number of anilines is 4. The van der Waals surface area contributed by atoms with Gasteiger partial charge < -0.3 is 29.8 Å². The summed E-state index contributed by atoms with van der Waals surface area (Å²) < 4.78 is 56.3. The Labute approximate surface area is 357 Å². The molecule has 7 heterocycles. The summed E-state index contributed by atoms with van der Waals surface area (Å²) in [5, 5.41) is 14.0. The highest BCUT2D eigenvalue weighted by molar-refractivity contribution is 6.05. The van der Waals surface area contributed by atoms with E-state index in [1.54, 1.807) is 28.1 Å². The number of likely N-dealkylation sites (tertiary alicyclic amines) is 1. The van der Waals surface area contributed by atoms with Crippen molar-refractivity contribution in [2.75, 3.05) is 78.9 Å². The van der Waals surface area contributed by atoms with Gasteiger partial charge in [-0.2, -0.15) is 18.4 Å². The van der Waals surface area contributed by atoms with E-state index in [1.807, 2.05) is 18.2 Å². The zero-order valence-corrected chi connectivity index (χ0v) is 34.4. The number of imide groups is 1. The van der Waals surface area contributed by atoms with Crippen LogP contribution in [0.4, 0.5) is 40.4 Å². The molecule has 2 N–H and O–H groups in total. The van der Waals surface area contributed by atoms with E-state index in [0.29, 0.717) is 29.9 Å². The van der Waals surface area contributed by atoms with Gasteiger partial charge in [0, 0.05) is 102 Å². The smallest absolute Gasteiger partial charge is 0.371 e. The van der Waals surface area contributed by atoms with Gasteiger partial charge in [-0.15, -0.1) is 0 Å². The van der Waals surface area contributed by atoms with Crippen LogP contribution in [0.15, 0.2) is 54.7 Å². The molecule has 0 bridgehead atoms. The minimum atomic E-state index is -4.70. The Kier molecular flexibility index (Phi) is 10.8. The SMILES string of the molecule is N#Cc1ccc(N2CCC(F)(C(=O)Nc3ccc(N4CCC(CN5CC6(CCN(c7ccc8c(c7)CN(C7CCC(=O)NC7=O)C8=O)CC6)C5)CC4)cn3)CC2)cc1C(F)(F)F. The number of nitrogens with one attached hydrogen (secondary N) is 2. The second-order valence-electron chi connectivity index (χ2n) is 18.0. The lowest BCUT2D eigenvalue weighted by Crippen LogP contribution is -2.61. The number of piperidine rings is 4. The molecule has 0 radical (unpaired) electrons. The van der Waals surface area contributed by atoms with E-state index >= 15 is 4.39 Å². The van der Waals surface area contributed by atoms with Crippen LogP contribution in [0, 0.1) is 22.7 Å². The Morgan fingerprint density at radius 2 is 1.50 bits per heavy atom. The number of carbonyl (C=O) groups excluding carboxylic acids is 4. The molecule has 6 aliphatic heterocycles. The van der Waals surface area contributed by atoms with Crippen LogP contribution in [-0.2, 0) is 27.1 Å². The number of nitrogens with zero attached hydrogens (tertiary/aromatic N) is 7. The number of nitriles is 1. The van der Waals surface area contributed by atoms with Crippen molar-refractivity contribution < 1.29 is 36.7 Å².